The third kappa shape index (κ3) is 5.55. The summed E-state index contributed by atoms with van der Waals surface area (Å²) in [5, 5.41) is 2.25. The predicted molar refractivity (Wildman–Crippen MR) is 258 cm³/mol. The summed E-state index contributed by atoms with van der Waals surface area (Å²) in [4.78, 5) is 13.0. The van der Waals surface area contributed by atoms with Gasteiger partial charge >= 0.3 is 0 Å². The van der Waals surface area contributed by atoms with Crippen molar-refractivity contribution in [3.63, 3.8) is 0 Å². The van der Waals surface area contributed by atoms with Crippen LogP contribution in [-0.4, -0.2) is 9.97 Å². The van der Waals surface area contributed by atoms with Crippen LogP contribution in [0.3, 0.4) is 0 Å². The molecule has 1 aliphatic carbocycles. The molecule has 2 aromatic heterocycles. The number of hydrogen-bond donors (Lipinski definition) is 0. The molecule has 294 valence electrons. The number of para-hydroxylation sites is 2. The van der Waals surface area contributed by atoms with Crippen molar-refractivity contribution in [2.24, 2.45) is 0 Å². The number of furan rings is 1. The summed E-state index contributed by atoms with van der Waals surface area (Å²) < 4.78 is 6.38. The fraction of sp³-hybridized carbons (Fsp3) is 0.0169. The van der Waals surface area contributed by atoms with E-state index in [2.05, 4.69) is 200 Å². The van der Waals surface area contributed by atoms with Crippen molar-refractivity contribution in [3.05, 3.63) is 241 Å². The van der Waals surface area contributed by atoms with E-state index in [1.165, 1.54) is 48.7 Å². The van der Waals surface area contributed by atoms with Crippen LogP contribution < -0.4 is 0 Å². The third-order valence-corrected chi connectivity index (χ3v) is 14.2. The van der Waals surface area contributed by atoms with Gasteiger partial charge in [0.15, 0.2) is 5.82 Å². The highest BCUT2D eigenvalue weighted by Crippen LogP contribution is 2.62. The second-order valence-corrected chi connectivity index (χ2v) is 17.5. The van der Waals surface area contributed by atoms with Gasteiger partial charge in [-0.25, -0.2) is 9.97 Å². The molecular formula is C59H36N2OS. The summed E-state index contributed by atoms with van der Waals surface area (Å²) in [6, 6.07) is 78.4. The Morgan fingerprint density at radius 1 is 0.349 bits per heavy atom. The van der Waals surface area contributed by atoms with E-state index in [4.69, 9.17) is 14.4 Å². The maximum Gasteiger partial charge on any atom is 0.160 e. The van der Waals surface area contributed by atoms with Gasteiger partial charge in [-0.15, -0.1) is 0 Å². The fourth-order valence-electron chi connectivity index (χ4n) is 10.1. The molecule has 0 N–H and O–H groups in total. The summed E-state index contributed by atoms with van der Waals surface area (Å²) in [6.07, 6.45) is 0. The van der Waals surface area contributed by atoms with Gasteiger partial charge in [0.05, 0.1) is 16.8 Å². The van der Waals surface area contributed by atoms with Gasteiger partial charge in [0.25, 0.3) is 0 Å². The number of benzene rings is 9. The zero-order valence-corrected chi connectivity index (χ0v) is 34.8. The van der Waals surface area contributed by atoms with E-state index in [0.29, 0.717) is 5.82 Å². The summed E-state index contributed by atoms with van der Waals surface area (Å²) in [5.74, 6) is 0.686. The van der Waals surface area contributed by atoms with Crippen LogP contribution in [0.1, 0.15) is 22.3 Å². The molecule has 0 fully saturated rings. The van der Waals surface area contributed by atoms with Crippen molar-refractivity contribution >= 4 is 33.7 Å². The number of nitrogens with zero attached hydrogens (tertiary/aromatic N) is 2. The van der Waals surface area contributed by atoms with E-state index < -0.39 is 5.41 Å². The molecular weight excluding hydrogens is 785 g/mol. The second kappa shape index (κ2) is 14.1. The first-order chi connectivity index (χ1) is 31.2. The van der Waals surface area contributed by atoms with Gasteiger partial charge in [0.2, 0.25) is 0 Å². The van der Waals surface area contributed by atoms with Crippen LogP contribution in [0.4, 0.5) is 0 Å². The number of aromatic nitrogens is 2. The highest BCUT2D eigenvalue weighted by atomic mass is 32.2. The van der Waals surface area contributed by atoms with Crippen LogP contribution in [0.5, 0.6) is 0 Å². The Morgan fingerprint density at radius 2 is 0.889 bits per heavy atom. The molecule has 3 nitrogen and oxygen atoms in total. The van der Waals surface area contributed by atoms with Crippen molar-refractivity contribution < 1.29 is 4.42 Å². The van der Waals surface area contributed by atoms with Gasteiger partial charge < -0.3 is 4.42 Å². The molecule has 0 unspecified atom stereocenters. The van der Waals surface area contributed by atoms with Gasteiger partial charge in [0.1, 0.15) is 11.2 Å². The zero-order valence-electron chi connectivity index (χ0n) is 34.0. The molecule has 63 heavy (non-hydrogen) atoms. The second-order valence-electron chi connectivity index (χ2n) is 16.4. The van der Waals surface area contributed by atoms with Crippen LogP contribution in [0.15, 0.2) is 233 Å². The molecule has 3 heterocycles. The van der Waals surface area contributed by atoms with Crippen molar-refractivity contribution in [3.8, 4) is 67.3 Å². The van der Waals surface area contributed by atoms with Crippen LogP contribution in [0.2, 0.25) is 0 Å². The highest BCUT2D eigenvalue weighted by molar-refractivity contribution is 7.99. The average molecular weight is 821 g/mol. The molecule has 0 saturated heterocycles. The van der Waals surface area contributed by atoms with E-state index in [-0.39, 0.29) is 0 Å². The lowest BCUT2D eigenvalue weighted by atomic mass is 9.67. The molecule has 11 aromatic rings. The van der Waals surface area contributed by atoms with Crippen LogP contribution in [-0.2, 0) is 5.41 Å². The topological polar surface area (TPSA) is 38.9 Å². The first-order valence-corrected chi connectivity index (χ1v) is 22.2. The molecule has 1 spiro atoms. The first kappa shape index (κ1) is 35.9. The Hall–Kier alpha value is -7.79. The van der Waals surface area contributed by atoms with Crippen molar-refractivity contribution in [1.29, 1.82) is 0 Å². The lowest BCUT2D eigenvalue weighted by molar-refractivity contribution is 0.670. The molecule has 4 heteroatoms. The van der Waals surface area contributed by atoms with Crippen LogP contribution in [0, 0.1) is 0 Å². The molecule has 2 aliphatic rings. The minimum atomic E-state index is -0.415. The normalized spacial score (nSPS) is 13.1. The Morgan fingerprint density at radius 3 is 1.65 bits per heavy atom. The van der Waals surface area contributed by atoms with E-state index in [9.17, 15) is 0 Å². The SMILES string of the molecule is c1ccc(-c2cc(-c3ccc(-c4cccc5c4oc4ccccc45)cc3)nc(-c3ccc(-c4ccc5c(c4)C4(c6ccccc6S5)c5ccccc5-c5ccccc54)cc3)n2)cc1. The predicted octanol–water partition coefficient (Wildman–Crippen LogP) is 15.5. The lowest BCUT2D eigenvalue weighted by Crippen LogP contribution is -2.32. The molecule has 0 atom stereocenters. The average Bonchev–Trinajstić information content (AvgIpc) is 3.89. The monoisotopic (exact) mass is 820 g/mol. The summed E-state index contributed by atoms with van der Waals surface area (Å²) in [5.41, 5.74) is 18.6. The summed E-state index contributed by atoms with van der Waals surface area (Å²) in [7, 11) is 0. The quantitative estimate of drug-likeness (QED) is 0.173. The highest BCUT2D eigenvalue weighted by Gasteiger charge is 2.50. The van der Waals surface area contributed by atoms with E-state index in [1.54, 1.807) is 0 Å². The van der Waals surface area contributed by atoms with Crippen LogP contribution in [0.25, 0.3) is 89.2 Å². The molecule has 13 rings (SSSR count). The Balaban J connectivity index is 0.890. The van der Waals surface area contributed by atoms with Crippen LogP contribution >= 0.6 is 11.8 Å². The molecule has 0 radical (unpaired) electrons. The lowest BCUT2D eigenvalue weighted by Gasteiger charge is -2.40. The minimum Gasteiger partial charge on any atom is -0.455 e. The standard InChI is InChI=1S/C59H36N2OS/c1-2-13-39(14-3-1)52-36-53(40-29-27-38(28-30-40)43-18-12-19-47-46-17-6-10-23-54(46)62-57(43)47)61-58(60-52)41-31-25-37(26-32-41)42-33-34-56-51(35-42)59(50-22-9-11-24-55(50)63-56)48-20-7-4-15-44(48)45-16-5-8-21-49(45)59/h1-36H. The molecule has 0 bridgehead atoms. The maximum atomic E-state index is 6.38. The number of fused-ring (bicyclic) bond motifs is 12. The Bertz CT molecular complexity index is 3540. The minimum absolute atomic E-state index is 0.415. The van der Waals surface area contributed by atoms with Gasteiger partial charge in [-0.05, 0) is 80.4 Å². The summed E-state index contributed by atoms with van der Waals surface area (Å²) >= 11 is 1.87. The van der Waals surface area contributed by atoms with Gasteiger partial charge in [0, 0.05) is 42.8 Å². The van der Waals surface area contributed by atoms with Crippen molar-refractivity contribution in [2.45, 2.75) is 15.2 Å². The fourth-order valence-corrected chi connectivity index (χ4v) is 11.3. The van der Waals surface area contributed by atoms with Crippen molar-refractivity contribution in [1.82, 2.24) is 9.97 Å². The Kier molecular flexibility index (Phi) is 8.06. The van der Waals surface area contributed by atoms with E-state index in [0.717, 1.165) is 66.7 Å². The molecule has 9 aromatic carbocycles. The molecule has 1 aliphatic heterocycles. The molecule has 0 amide bonds. The van der Waals surface area contributed by atoms with E-state index >= 15 is 0 Å². The largest absolute Gasteiger partial charge is 0.455 e. The maximum absolute atomic E-state index is 6.38. The van der Waals surface area contributed by atoms with E-state index in [1.807, 2.05) is 30.0 Å². The van der Waals surface area contributed by atoms with Gasteiger partial charge in [-0.1, -0.05) is 200 Å². The van der Waals surface area contributed by atoms with Gasteiger partial charge in [-0.3, -0.25) is 0 Å². The van der Waals surface area contributed by atoms with Gasteiger partial charge in [-0.2, -0.15) is 0 Å². The summed E-state index contributed by atoms with van der Waals surface area (Å²) in [6.45, 7) is 0. The third-order valence-electron chi connectivity index (χ3n) is 13.0. The first-order valence-electron chi connectivity index (χ1n) is 21.4. The zero-order chi connectivity index (χ0) is 41.5. The molecule has 0 saturated carbocycles. The van der Waals surface area contributed by atoms with Crippen molar-refractivity contribution in [2.75, 3.05) is 0 Å². The smallest absolute Gasteiger partial charge is 0.160 e. The number of hydrogen-bond acceptors (Lipinski definition) is 4. The Labute approximate surface area is 369 Å². The number of rotatable bonds is 5.